The Bertz CT molecular complexity index is 960. The van der Waals surface area contributed by atoms with Crippen molar-refractivity contribution < 1.29 is 0 Å². The molecule has 0 unspecified atom stereocenters. The monoisotopic (exact) mass is 427 g/mol. The average molecular weight is 428 g/mol. The van der Waals surface area contributed by atoms with Crippen LogP contribution in [-0.2, 0) is 12.8 Å². The lowest BCUT2D eigenvalue weighted by molar-refractivity contribution is 0.898. The predicted octanol–water partition coefficient (Wildman–Crippen LogP) is 8.64. The third-order valence-corrected chi connectivity index (χ3v) is 5.49. The maximum Gasteiger partial charge on any atom is 0.0277 e. The number of aryl methyl sites for hydroxylation is 2. The van der Waals surface area contributed by atoms with Crippen molar-refractivity contribution in [3.8, 4) is 0 Å². The van der Waals surface area contributed by atoms with E-state index in [2.05, 4.69) is 89.4 Å². The van der Waals surface area contributed by atoms with Crippen LogP contribution in [0.3, 0.4) is 0 Å². The van der Waals surface area contributed by atoms with Crippen molar-refractivity contribution in [1.82, 2.24) is 0 Å². The summed E-state index contributed by atoms with van der Waals surface area (Å²) in [7, 11) is 1.75. The Hall–Kier alpha value is -2.93. The first-order chi connectivity index (χ1) is 15.3. The van der Waals surface area contributed by atoms with Gasteiger partial charge in [-0.3, -0.25) is 4.99 Å². The molecule has 0 radical (unpaired) electrons. The van der Waals surface area contributed by atoms with Crippen molar-refractivity contribution in [3.05, 3.63) is 119 Å². The second kappa shape index (κ2) is 14.2. The molecule has 0 saturated heterocycles. The minimum absolute atomic E-state index is 0.803. The van der Waals surface area contributed by atoms with Gasteiger partial charge in [0, 0.05) is 13.3 Å². The highest BCUT2D eigenvalue weighted by atomic mass is 14.6. The van der Waals surface area contributed by atoms with Gasteiger partial charge in [0.2, 0.25) is 0 Å². The summed E-state index contributed by atoms with van der Waals surface area (Å²) < 4.78 is 0. The molecule has 0 bridgehead atoms. The SMILES string of the molecule is C=C(/C=C\C=N/C)C(=C)/C=C(\Cc1ccc(C)cc1CCC)C(=C)/C(=C/C)C(=C)CCC. The summed E-state index contributed by atoms with van der Waals surface area (Å²) in [5.41, 5.74) is 10.2. The molecule has 0 aliphatic rings. The number of hydrogen-bond acceptors (Lipinski definition) is 1. The van der Waals surface area contributed by atoms with E-state index in [1.165, 1.54) is 16.7 Å². The standard InChI is InChI=1S/C31H41N/c1-10-14-25(6)31(12-3)27(8)30(21-26(7)24(5)16-13-19-32-9)22-29-18-17-23(4)20-28(29)15-11-2/h12-13,16-21H,5-8,10-11,14-15,22H2,1-4,9H3/b16-13-,30-21+,31-12+,32-19-. The fourth-order valence-electron chi connectivity index (χ4n) is 3.74. The second-order valence-corrected chi connectivity index (χ2v) is 8.22. The Morgan fingerprint density at radius 2 is 1.72 bits per heavy atom. The summed E-state index contributed by atoms with van der Waals surface area (Å²) in [6.45, 7) is 25.9. The summed E-state index contributed by atoms with van der Waals surface area (Å²) in [5.74, 6) is 0. The smallest absolute Gasteiger partial charge is 0.0277 e. The van der Waals surface area contributed by atoms with E-state index in [1.54, 1.807) is 13.3 Å². The normalized spacial score (nSPS) is 12.5. The molecule has 1 aromatic carbocycles. The van der Waals surface area contributed by atoms with Gasteiger partial charge in [-0.25, -0.2) is 0 Å². The molecular weight excluding hydrogens is 386 g/mol. The van der Waals surface area contributed by atoms with Crippen LogP contribution in [-0.4, -0.2) is 13.3 Å². The Morgan fingerprint density at radius 3 is 2.31 bits per heavy atom. The van der Waals surface area contributed by atoms with Crippen molar-refractivity contribution in [1.29, 1.82) is 0 Å². The molecule has 0 atom stereocenters. The summed E-state index contributed by atoms with van der Waals surface area (Å²) in [4.78, 5) is 3.99. The van der Waals surface area contributed by atoms with Crippen LogP contribution in [0.2, 0.25) is 0 Å². The third kappa shape index (κ3) is 8.30. The second-order valence-electron chi connectivity index (χ2n) is 8.22. The molecule has 1 nitrogen and oxygen atoms in total. The number of nitrogens with zero attached hydrogens (tertiary/aromatic N) is 1. The molecule has 0 aliphatic carbocycles. The third-order valence-electron chi connectivity index (χ3n) is 5.49. The Morgan fingerprint density at radius 1 is 1.00 bits per heavy atom. The van der Waals surface area contributed by atoms with Gasteiger partial charge in [-0.2, -0.15) is 0 Å². The van der Waals surface area contributed by atoms with Crippen molar-refractivity contribution in [3.63, 3.8) is 0 Å². The number of hydrogen-bond donors (Lipinski definition) is 0. The minimum Gasteiger partial charge on any atom is -0.297 e. The molecule has 0 amide bonds. The maximum atomic E-state index is 4.50. The Kier molecular flexibility index (Phi) is 12.0. The van der Waals surface area contributed by atoms with Gasteiger partial charge in [-0.15, -0.1) is 0 Å². The Labute approximate surface area is 197 Å². The lowest BCUT2D eigenvalue weighted by Crippen LogP contribution is -2.03. The van der Waals surface area contributed by atoms with E-state index in [-0.39, 0.29) is 0 Å². The van der Waals surface area contributed by atoms with Crippen molar-refractivity contribution in [2.24, 2.45) is 4.99 Å². The zero-order valence-corrected chi connectivity index (χ0v) is 20.9. The Balaban J connectivity index is 3.44. The lowest BCUT2D eigenvalue weighted by atomic mass is 9.85. The van der Waals surface area contributed by atoms with Crippen LogP contribution < -0.4 is 0 Å². The molecule has 0 N–H and O–H groups in total. The number of aliphatic imine (C=N–C) groups is 1. The van der Waals surface area contributed by atoms with Crippen LogP contribution in [0, 0.1) is 6.92 Å². The first-order valence-electron chi connectivity index (χ1n) is 11.6. The predicted molar refractivity (Wildman–Crippen MR) is 146 cm³/mol. The van der Waals surface area contributed by atoms with Gasteiger partial charge in [0.1, 0.15) is 0 Å². The molecule has 0 spiro atoms. The quantitative estimate of drug-likeness (QED) is 0.221. The molecule has 0 fully saturated rings. The molecule has 32 heavy (non-hydrogen) atoms. The van der Waals surface area contributed by atoms with Crippen LogP contribution in [0.25, 0.3) is 0 Å². The van der Waals surface area contributed by atoms with Crippen molar-refractivity contribution >= 4 is 6.21 Å². The highest BCUT2D eigenvalue weighted by Gasteiger charge is 2.14. The minimum atomic E-state index is 0.803. The zero-order chi connectivity index (χ0) is 24.1. The number of allylic oxidation sites excluding steroid dienone is 10. The summed E-state index contributed by atoms with van der Waals surface area (Å²) in [6, 6.07) is 6.77. The van der Waals surface area contributed by atoms with Gasteiger partial charge in [-0.1, -0.05) is 95.0 Å². The highest BCUT2D eigenvalue weighted by Crippen LogP contribution is 2.31. The summed E-state index contributed by atoms with van der Waals surface area (Å²) in [6.07, 6.45) is 14.9. The van der Waals surface area contributed by atoms with Crippen molar-refractivity contribution in [2.45, 2.75) is 59.8 Å². The molecule has 0 aliphatic heterocycles. The number of rotatable bonds is 13. The molecule has 0 heterocycles. The zero-order valence-electron chi connectivity index (χ0n) is 20.9. The molecule has 0 aromatic heterocycles. The fourth-order valence-corrected chi connectivity index (χ4v) is 3.74. The van der Waals surface area contributed by atoms with Crippen LogP contribution >= 0.6 is 0 Å². The summed E-state index contributed by atoms with van der Waals surface area (Å²) >= 11 is 0. The van der Waals surface area contributed by atoms with E-state index in [4.69, 9.17) is 0 Å². The fraction of sp³-hybridized carbons (Fsp3) is 0.323. The van der Waals surface area contributed by atoms with E-state index in [1.807, 2.05) is 12.2 Å². The van der Waals surface area contributed by atoms with Crippen LogP contribution in [0.5, 0.6) is 0 Å². The van der Waals surface area contributed by atoms with Crippen molar-refractivity contribution in [2.75, 3.05) is 7.05 Å². The van der Waals surface area contributed by atoms with Gasteiger partial charge < -0.3 is 0 Å². The summed E-state index contributed by atoms with van der Waals surface area (Å²) in [5, 5.41) is 0. The molecule has 0 saturated carbocycles. The lowest BCUT2D eigenvalue weighted by Gasteiger charge is -2.19. The molecular formula is C31H41N. The molecule has 1 heteroatoms. The first kappa shape index (κ1) is 27.1. The maximum absolute atomic E-state index is 4.50. The van der Waals surface area contributed by atoms with Gasteiger partial charge in [0.05, 0.1) is 0 Å². The molecule has 170 valence electrons. The van der Waals surface area contributed by atoms with E-state index < -0.39 is 0 Å². The average Bonchev–Trinajstić information content (AvgIpc) is 2.75. The van der Waals surface area contributed by atoms with Crippen LogP contribution in [0.4, 0.5) is 0 Å². The topological polar surface area (TPSA) is 12.4 Å². The van der Waals surface area contributed by atoms with Crippen LogP contribution in [0.15, 0.2) is 107 Å². The first-order valence-corrected chi connectivity index (χ1v) is 11.6. The highest BCUT2D eigenvalue weighted by molar-refractivity contribution is 5.72. The molecule has 1 rings (SSSR count). The van der Waals surface area contributed by atoms with Gasteiger partial charge >= 0.3 is 0 Å². The van der Waals surface area contributed by atoms with Crippen LogP contribution in [0.1, 0.15) is 56.7 Å². The number of benzene rings is 1. The molecule has 1 aromatic rings. The largest absolute Gasteiger partial charge is 0.297 e. The van der Waals surface area contributed by atoms with E-state index in [9.17, 15) is 0 Å². The van der Waals surface area contributed by atoms with E-state index >= 15 is 0 Å². The van der Waals surface area contributed by atoms with E-state index in [0.29, 0.717) is 0 Å². The van der Waals surface area contributed by atoms with Gasteiger partial charge in [0.25, 0.3) is 0 Å². The van der Waals surface area contributed by atoms with E-state index in [0.717, 1.165) is 65.5 Å². The van der Waals surface area contributed by atoms with Gasteiger partial charge in [-0.05, 0) is 83.8 Å². The van der Waals surface area contributed by atoms with Gasteiger partial charge in [0.15, 0.2) is 0 Å².